The second-order valence-electron chi connectivity index (χ2n) is 8.71. The predicted molar refractivity (Wildman–Crippen MR) is 118 cm³/mol. The number of fused-ring (bicyclic) bond motifs is 1. The van der Waals surface area contributed by atoms with Crippen LogP contribution in [-0.4, -0.2) is 40.3 Å². The van der Waals surface area contributed by atoms with Crippen LogP contribution in [0.3, 0.4) is 0 Å². The van der Waals surface area contributed by atoms with Crippen molar-refractivity contribution in [2.45, 2.75) is 62.8 Å². The number of hydrogen-bond acceptors (Lipinski definition) is 5. The van der Waals surface area contributed by atoms with Gasteiger partial charge in [0.05, 0.1) is 12.1 Å². The molecule has 0 saturated heterocycles. The minimum Gasteiger partial charge on any atom is -0.471 e. The lowest BCUT2D eigenvalue weighted by atomic mass is 9.73. The van der Waals surface area contributed by atoms with E-state index in [0.717, 1.165) is 41.8 Å². The van der Waals surface area contributed by atoms with Gasteiger partial charge in [0.25, 0.3) is 0 Å². The number of hydrogen-bond donors (Lipinski definition) is 3. The maximum Gasteiger partial charge on any atom is 0.218 e. The Morgan fingerprint density at radius 3 is 2.66 bits per heavy atom. The number of rotatable bonds is 7. The SMILES string of the molecule is CC(=O)N[C@@H](Cc1cc(F)cc(F)c1)[C@@H](O)CN[C@H]1CC2(CCC2)Oc2ncc(Br)cc21. The fourth-order valence-electron chi connectivity index (χ4n) is 4.50. The van der Waals surface area contributed by atoms with E-state index in [1.165, 1.54) is 19.1 Å². The summed E-state index contributed by atoms with van der Waals surface area (Å²) in [6.07, 6.45) is 4.61. The van der Waals surface area contributed by atoms with Crippen molar-refractivity contribution in [2.75, 3.05) is 6.54 Å². The van der Waals surface area contributed by atoms with Crippen LogP contribution in [0.25, 0.3) is 0 Å². The second-order valence-corrected chi connectivity index (χ2v) is 9.62. The van der Waals surface area contributed by atoms with E-state index in [9.17, 15) is 18.7 Å². The number of ether oxygens (including phenoxy) is 1. The number of benzene rings is 1. The lowest BCUT2D eigenvalue weighted by Crippen LogP contribution is -2.52. The van der Waals surface area contributed by atoms with Crippen LogP contribution >= 0.6 is 15.9 Å². The lowest BCUT2D eigenvalue weighted by Gasteiger charge is -2.47. The highest BCUT2D eigenvalue weighted by atomic mass is 79.9. The van der Waals surface area contributed by atoms with Gasteiger partial charge in [0.15, 0.2) is 0 Å². The molecule has 2 heterocycles. The molecule has 0 radical (unpaired) electrons. The summed E-state index contributed by atoms with van der Waals surface area (Å²) in [6, 6.07) is 4.37. The van der Waals surface area contributed by atoms with Crippen molar-refractivity contribution in [3.05, 3.63) is 57.7 Å². The number of aliphatic hydroxyl groups excluding tert-OH is 1. The summed E-state index contributed by atoms with van der Waals surface area (Å²) in [5.74, 6) is -1.13. The molecule has 1 saturated carbocycles. The molecule has 0 bridgehead atoms. The number of amides is 1. The van der Waals surface area contributed by atoms with Gasteiger partial charge < -0.3 is 20.5 Å². The molecule has 1 aliphatic heterocycles. The predicted octanol–water partition coefficient (Wildman–Crippen LogP) is 3.57. The van der Waals surface area contributed by atoms with Gasteiger partial charge in [-0.1, -0.05) is 0 Å². The number of carbonyl (C=O) groups is 1. The first-order chi connectivity index (χ1) is 15.2. The molecule has 1 amide bonds. The minimum absolute atomic E-state index is 0.0803. The van der Waals surface area contributed by atoms with E-state index in [-0.39, 0.29) is 30.5 Å². The summed E-state index contributed by atoms with van der Waals surface area (Å²) in [7, 11) is 0. The van der Waals surface area contributed by atoms with Crippen molar-refractivity contribution in [3.63, 3.8) is 0 Å². The molecular weight excluding hydrogens is 484 g/mol. The maximum atomic E-state index is 13.6. The maximum absolute atomic E-state index is 13.6. The Morgan fingerprint density at radius 2 is 2.03 bits per heavy atom. The van der Waals surface area contributed by atoms with Crippen LogP contribution in [0.2, 0.25) is 0 Å². The molecule has 3 N–H and O–H groups in total. The first-order valence-corrected chi connectivity index (χ1v) is 11.5. The molecule has 1 aromatic heterocycles. The summed E-state index contributed by atoms with van der Waals surface area (Å²) in [5.41, 5.74) is 1.04. The number of aromatic nitrogens is 1. The van der Waals surface area contributed by atoms with Crippen LogP contribution in [0.4, 0.5) is 8.78 Å². The molecule has 4 rings (SSSR count). The number of nitrogens with one attached hydrogen (secondary N) is 2. The zero-order valence-electron chi connectivity index (χ0n) is 17.7. The third-order valence-corrected chi connectivity index (χ3v) is 6.61. The summed E-state index contributed by atoms with van der Waals surface area (Å²) in [5, 5.41) is 17.0. The molecule has 9 heteroatoms. The molecule has 6 nitrogen and oxygen atoms in total. The molecule has 2 aliphatic rings. The number of halogens is 3. The van der Waals surface area contributed by atoms with Gasteiger partial charge in [-0.15, -0.1) is 0 Å². The zero-order valence-corrected chi connectivity index (χ0v) is 19.3. The van der Waals surface area contributed by atoms with Gasteiger partial charge in [-0.05, 0) is 65.4 Å². The highest BCUT2D eigenvalue weighted by Crippen LogP contribution is 2.48. The van der Waals surface area contributed by atoms with Gasteiger partial charge in [-0.25, -0.2) is 13.8 Å². The van der Waals surface area contributed by atoms with Gasteiger partial charge in [0, 0.05) is 48.2 Å². The topological polar surface area (TPSA) is 83.5 Å². The summed E-state index contributed by atoms with van der Waals surface area (Å²) < 4.78 is 34.2. The highest BCUT2D eigenvalue weighted by molar-refractivity contribution is 9.10. The Morgan fingerprint density at radius 1 is 1.31 bits per heavy atom. The van der Waals surface area contributed by atoms with Crippen molar-refractivity contribution >= 4 is 21.8 Å². The molecular formula is C23H26BrF2N3O3. The van der Waals surface area contributed by atoms with Gasteiger partial charge in [-0.2, -0.15) is 0 Å². The second kappa shape index (κ2) is 9.41. The van der Waals surface area contributed by atoms with Gasteiger partial charge >= 0.3 is 0 Å². The summed E-state index contributed by atoms with van der Waals surface area (Å²) in [4.78, 5) is 16.1. The molecule has 2 aromatic rings. The first-order valence-electron chi connectivity index (χ1n) is 10.7. The average Bonchev–Trinajstić information content (AvgIpc) is 2.69. The van der Waals surface area contributed by atoms with Crippen molar-refractivity contribution in [3.8, 4) is 5.88 Å². The standard InChI is InChI=1S/C23H26BrF2N3O3/c1-13(30)29-19(7-14-5-16(25)9-17(26)6-14)21(31)12-27-20-10-23(3-2-4-23)32-22-18(20)8-15(24)11-28-22/h5-6,8-9,11,19-21,27,31H,2-4,7,10,12H2,1H3,(H,29,30)/t19-,20-,21-/m0/s1. The molecule has 3 atom stereocenters. The fourth-order valence-corrected chi connectivity index (χ4v) is 4.85. The summed E-state index contributed by atoms with van der Waals surface area (Å²) >= 11 is 3.45. The largest absolute Gasteiger partial charge is 0.471 e. The first kappa shape index (κ1) is 23.1. The smallest absolute Gasteiger partial charge is 0.218 e. The van der Waals surface area contributed by atoms with E-state index in [4.69, 9.17) is 4.74 Å². The van der Waals surface area contributed by atoms with Crippen molar-refractivity contribution < 1.29 is 23.4 Å². The van der Waals surface area contributed by atoms with Crippen LogP contribution < -0.4 is 15.4 Å². The molecule has 32 heavy (non-hydrogen) atoms. The van der Waals surface area contributed by atoms with Crippen LogP contribution in [0.1, 0.15) is 49.8 Å². The van der Waals surface area contributed by atoms with Crippen molar-refractivity contribution in [1.29, 1.82) is 0 Å². The molecule has 0 unspecified atom stereocenters. The minimum atomic E-state index is -0.978. The molecule has 1 spiro atoms. The molecule has 172 valence electrons. The third kappa shape index (κ3) is 5.27. The Labute approximate surface area is 193 Å². The number of nitrogens with zero attached hydrogens (tertiary/aromatic N) is 1. The van der Waals surface area contributed by atoms with E-state index >= 15 is 0 Å². The van der Waals surface area contributed by atoms with E-state index in [0.29, 0.717) is 11.4 Å². The zero-order chi connectivity index (χ0) is 22.9. The van der Waals surface area contributed by atoms with Crippen LogP contribution in [0.5, 0.6) is 5.88 Å². The lowest BCUT2D eigenvalue weighted by molar-refractivity contribution is -0.120. The van der Waals surface area contributed by atoms with Crippen molar-refractivity contribution in [2.24, 2.45) is 0 Å². The fraction of sp³-hybridized carbons (Fsp3) is 0.478. The van der Waals surface area contributed by atoms with E-state index < -0.39 is 23.8 Å². The molecule has 1 aromatic carbocycles. The number of pyridine rings is 1. The van der Waals surface area contributed by atoms with Crippen molar-refractivity contribution in [1.82, 2.24) is 15.6 Å². The van der Waals surface area contributed by atoms with E-state index in [1.807, 2.05) is 6.07 Å². The third-order valence-electron chi connectivity index (χ3n) is 6.18. The van der Waals surface area contributed by atoms with Crippen LogP contribution in [0, 0.1) is 11.6 Å². The van der Waals surface area contributed by atoms with E-state index in [2.05, 4.69) is 31.5 Å². The van der Waals surface area contributed by atoms with Gasteiger partial charge in [0.1, 0.15) is 17.2 Å². The Balaban J connectivity index is 1.48. The van der Waals surface area contributed by atoms with Gasteiger partial charge in [0.2, 0.25) is 11.8 Å². The number of aliphatic hydroxyl groups is 1. The Hall–Kier alpha value is -2.10. The van der Waals surface area contributed by atoms with Gasteiger partial charge in [-0.3, -0.25) is 4.79 Å². The number of carbonyl (C=O) groups excluding carboxylic acids is 1. The van der Waals surface area contributed by atoms with Crippen LogP contribution in [0.15, 0.2) is 34.9 Å². The van der Waals surface area contributed by atoms with Crippen LogP contribution in [-0.2, 0) is 11.2 Å². The normalized spacial score (nSPS) is 20.6. The average molecular weight is 510 g/mol. The molecule has 1 aliphatic carbocycles. The highest BCUT2D eigenvalue weighted by Gasteiger charge is 2.46. The van der Waals surface area contributed by atoms with E-state index in [1.54, 1.807) is 6.20 Å². The Bertz CT molecular complexity index is 982. The quantitative estimate of drug-likeness (QED) is 0.531. The monoisotopic (exact) mass is 509 g/mol. The Kier molecular flexibility index (Phi) is 6.78. The summed E-state index contributed by atoms with van der Waals surface area (Å²) in [6.45, 7) is 1.52. The molecule has 1 fully saturated rings.